The third-order valence-corrected chi connectivity index (χ3v) is 10.4. The van der Waals surface area contributed by atoms with E-state index in [4.69, 9.17) is 0 Å². The average Bonchev–Trinajstić information content (AvgIpc) is 3.23. The topological polar surface area (TPSA) is 26.8 Å². The Balaban J connectivity index is 1.67. The molecule has 0 N–H and O–H groups in total. The van der Waals surface area contributed by atoms with Crippen LogP contribution in [0.2, 0.25) is 0 Å². The molecule has 1 atom stereocenters. The van der Waals surface area contributed by atoms with Crippen LogP contribution in [0.1, 0.15) is 36.2 Å². The van der Waals surface area contributed by atoms with Crippen LogP contribution < -0.4 is 9.34 Å². The van der Waals surface area contributed by atoms with E-state index < -0.39 is 25.0 Å². The first kappa shape index (κ1) is 24.0. The number of anilines is 2. The van der Waals surface area contributed by atoms with Gasteiger partial charge in [0.15, 0.2) is 0 Å². The molecule has 2 heterocycles. The van der Waals surface area contributed by atoms with E-state index in [0.717, 1.165) is 55.9 Å². The highest BCUT2D eigenvalue weighted by atomic mass is 31.2. The Bertz CT molecular complexity index is 1110. The van der Waals surface area contributed by atoms with Crippen LogP contribution in [0.4, 0.5) is 24.5 Å². The third kappa shape index (κ3) is 4.60. The first-order valence-corrected chi connectivity index (χ1v) is 13.7. The molecule has 2 aliphatic heterocycles. The van der Waals surface area contributed by atoms with Gasteiger partial charge in [-0.15, -0.1) is 0 Å². The molecule has 5 rings (SSSR count). The number of alkyl halides is 3. The number of hydrogen-bond acceptors (Lipinski definition) is 2. The van der Waals surface area contributed by atoms with Crippen LogP contribution in [-0.2, 0) is 10.7 Å². The van der Waals surface area contributed by atoms with Crippen LogP contribution >= 0.6 is 7.44 Å². The highest BCUT2D eigenvalue weighted by Crippen LogP contribution is 2.70. The van der Waals surface area contributed by atoms with Crippen molar-refractivity contribution in [2.75, 3.05) is 35.5 Å². The van der Waals surface area contributed by atoms with Crippen molar-refractivity contribution in [3.8, 4) is 0 Å². The fourth-order valence-corrected chi connectivity index (χ4v) is 8.97. The van der Waals surface area contributed by atoms with E-state index in [0.29, 0.717) is 18.7 Å². The molecule has 1 unspecified atom stereocenters. The standard InChI is InChI=1S/C27H29F3N3OP/c28-27(29,30)23-16-14-22(15-17-23)26(31-18-8-3-9-19-31)35(34)32(24-10-4-1-5-11-24)20-21-33(35)25-12-6-2-7-13-25/h1-2,4-7,10-17,26H,3,8-9,18-21H2. The Hall–Kier alpha value is -2.76. The summed E-state index contributed by atoms with van der Waals surface area (Å²) < 4.78 is 59.6. The van der Waals surface area contributed by atoms with E-state index in [9.17, 15) is 13.2 Å². The van der Waals surface area contributed by atoms with Gasteiger partial charge in [0, 0.05) is 24.5 Å². The molecule has 8 heteroatoms. The number of piperidine rings is 1. The molecule has 4 nitrogen and oxygen atoms in total. The summed E-state index contributed by atoms with van der Waals surface area (Å²) in [5.41, 5.74) is 1.70. The number of para-hydroxylation sites is 2. The lowest BCUT2D eigenvalue weighted by atomic mass is 10.1. The summed E-state index contributed by atoms with van der Waals surface area (Å²) >= 11 is 0. The first-order valence-electron chi connectivity index (χ1n) is 12.1. The van der Waals surface area contributed by atoms with Gasteiger partial charge >= 0.3 is 6.18 Å². The van der Waals surface area contributed by atoms with Crippen molar-refractivity contribution in [2.24, 2.45) is 0 Å². The van der Waals surface area contributed by atoms with Crippen LogP contribution in [0, 0.1) is 0 Å². The van der Waals surface area contributed by atoms with Crippen LogP contribution in [0.5, 0.6) is 0 Å². The second-order valence-corrected chi connectivity index (χ2v) is 11.7. The fraction of sp³-hybridized carbons (Fsp3) is 0.333. The summed E-state index contributed by atoms with van der Waals surface area (Å²) in [5.74, 6) is -0.548. The summed E-state index contributed by atoms with van der Waals surface area (Å²) in [6, 6.07) is 24.7. The van der Waals surface area contributed by atoms with Crippen molar-refractivity contribution in [1.29, 1.82) is 0 Å². The van der Waals surface area contributed by atoms with Gasteiger partial charge in [-0.25, -0.2) is 0 Å². The molecule has 2 fully saturated rings. The first-order chi connectivity index (χ1) is 16.9. The Labute approximate surface area is 204 Å². The summed E-state index contributed by atoms with van der Waals surface area (Å²) in [7, 11) is -3.38. The molecule has 35 heavy (non-hydrogen) atoms. The zero-order valence-electron chi connectivity index (χ0n) is 19.4. The molecule has 0 radical (unpaired) electrons. The number of halogens is 3. The van der Waals surface area contributed by atoms with Crippen molar-refractivity contribution < 1.29 is 17.7 Å². The van der Waals surface area contributed by atoms with Crippen molar-refractivity contribution >= 4 is 18.8 Å². The zero-order chi connectivity index (χ0) is 24.5. The Morgan fingerprint density at radius 3 is 1.60 bits per heavy atom. The number of likely N-dealkylation sites (tertiary alicyclic amines) is 1. The molecule has 0 bridgehead atoms. The lowest BCUT2D eigenvalue weighted by Crippen LogP contribution is -2.38. The minimum Gasteiger partial charge on any atom is -0.304 e. The van der Waals surface area contributed by atoms with Crippen molar-refractivity contribution in [2.45, 2.75) is 31.2 Å². The predicted molar refractivity (Wildman–Crippen MR) is 135 cm³/mol. The SMILES string of the molecule is O=P1(C(c2ccc(C(F)(F)F)cc2)N2CCCCC2)N(c2ccccc2)CCN1c1ccccc1. The minimum atomic E-state index is -4.41. The highest BCUT2D eigenvalue weighted by Gasteiger charge is 2.52. The highest BCUT2D eigenvalue weighted by molar-refractivity contribution is 7.67. The molecular formula is C27H29F3N3OP. The Morgan fingerprint density at radius 1 is 0.657 bits per heavy atom. The maximum absolute atomic E-state index is 15.5. The lowest BCUT2D eigenvalue weighted by molar-refractivity contribution is -0.137. The molecule has 3 aromatic rings. The summed E-state index contributed by atoms with van der Waals surface area (Å²) in [6.07, 6.45) is -1.35. The number of hydrogen-bond donors (Lipinski definition) is 0. The molecule has 0 spiro atoms. The molecule has 0 amide bonds. The summed E-state index contributed by atoms with van der Waals surface area (Å²) in [4.78, 5) is 2.23. The van der Waals surface area contributed by atoms with Crippen LogP contribution in [0.3, 0.4) is 0 Å². The second kappa shape index (κ2) is 9.71. The normalized spacial score (nSPS) is 19.6. The third-order valence-electron chi connectivity index (χ3n) is 6.92. The number of benzene rings is 3. The van der Waals surface area contributed by atoms with Gasteiger partial charge in [0.05, 0.1) is 5.56 Å². The maximum atomic E-state index is 15.5. The van der Waals surface area contributed by atoms with E-state index in [1.807, 2.05) is 70.0 Å². The Morgan fingerprint density at radius 2 is 1.14 bits per heavy atom. The smallest absolute Gasteiger partial charge is 0.304 e. The lowest BCUT2D eigenvalue weighted by Gasteiger charge is -2.44. The van der Waals surface area contributed by atoms with Gasteiger partial charge in [-0.05, 0) is 67.9 Å². The molecule has 3 aromatic carbocycles. The van der Waals surface area contributed by atoms with Crippen molar-refractivity contribution in [3.63, 3.8) is 0 Å². The average molecular weight is 500 g/mol. The van der Waals surface area contributed by atoms with Crippen LogP contribution in [0.25, 0.3) is 0 Å². The van der Waals surface area contributed by atoms with Gasteiger partial charge in [-0.2, -0.15) is 13.2 Å². The minimum absolute atomic E-state index is 0.548. The zero-order valence-corrected chi connectivity index (χ0v) is 20.3. The largest absolute Gasteiger partial charge is 0.416 e. The van der Waals surface area contributed by atoms with Gasteiger partial charge < -0.3 is 9.34 Å². The van der Waals surface area contributed by atoms with Gasteiger partial charge in [-0.3, -0.25) is 9.46 Å². The van der Waals surface area contributed by atoms with E-state index in [1.54, 1.807) is 0 Å². The molecule has 2 aliphatic rings. The van der Waals surface area contributed by atoms with Gasteiger partial charge in [0.2, 0.25) is 0 Å². The maximum Gasteiger partial charge on any atom is 0.416 e. The van der Waals surface area contributed by atoms with Crippen molar-refractivity contribution in [3.05, 3.63) is 96.1 Å². The number of nitrogens with zero attached hydrogens (tertiary/aromatic N) is 3. The van der Waals surface area contributed by atoms with Crippen LogP contribution in [-0.4, -0.2) is 31.1 Å². The monoisotopic (exact) mass is 499 g/mol. The fourth-order valence-electron chi connectivity index (χ4n) is 5.28. The quantitative estimate of drug-likeness (QED) is 0.342. The second-order valence-electron chi connectivity index (χ2n) is 9.10. The van der Waals surface area contributed by atoms with E-state index >= 15 is 4.57 Å². The molecule has 184 valence electrons. The van der Waals surface area contributed by atoms with Gasteiger partial charge in [-0.1, -0.05) is 55.0 Å². The molecule has 0 aliphatic carbocycles. The Kier molecular flexibility index (Phi) is 6.65. The van der Waals surface area contributed by atoms with Crippen molar-refractivity contribution in [1.82, 2.24) is 4.90 Å². The van der Waals surface area contributed by atoms with E-state index in [1.165, 1.54) is 12.1 Å². The van der Waals surface area contributed by atoms with Crippen LogP contribution in [0.15, 0.2) is 84.9 Å². The summed E-state index contributed by atoms with van der Waals surface area (Å²) in [6.45, 7) is 2.67. The molecule has 0 aromatic heterocycles. The predicted octanol–water partition coefficient (Wildman–Crippen LogP) is 7.41. The molecular weight excluding hydrogens is 470 g/mol. The molecule has 2 saturated heterocycles. The summed E-state index contributed by atoms with van der Waals surface area (Å²) in [5, 5.41) is 0. The van der Waals surface area contributed by atoms with Gasteiger partial charge in [0.1, 0.15) is 5.78 Å². The molecule has 0 saturated carbocycles. The number of rotatable bonds is 5. The van der Waals surface area contributed by atoms with Gasteiger partial charge in [0.25, 0.3) is 7.44 Å². The van der Waals surface area contributed by atoms with E-state index in [-0.39, 0.29) is 0 Å². The van der Waals surface area contributed by atoms with E-state index in [2.05, 4.69) is 4.90 Å².